The molecule has 0 saturated carbocycles. The van der Waals surface area contributed by atoms with Gasteiger partial charge in [0, 0.05) is 16.4 Å². The highest BCUT2D eigenvalue weighted by Gasteiger charge is 2.30. The SMILES string of the molecule is CSc1ccc(C(=O)[C@@H](C)[C@H](C)CCc2cc(C)c(OC(C)(C)C(=O)O)c(C)c2)cc1. The van der Waals surface area contributed by atoms with Gasteiger partial charge in [-0.25, -0.2) is 4.79 Å². The van der Waals surface area contributed by atoms with Crippen LogP contribution < -0.4 is 4.74 Å². The van der Waals surface area contributed by atoms with Gasteiger partial charge in [-0.05, 0) is 81.5 Å². The van der Waals surface area contributed by atoms with Crippen molar-refractivity contribution >= 4 is 23.5 Å². The highest BCUT2D eigenvalue weighted by atomic mass is 32.2. The van der Waals surface area contributed by atoms with Crippen LogP contribution in [0.5, 0.6) is 5.75 Å². The Bertz CT molecular complexity index is 908. The number of aryl methyl sites for hydroxylation is 3. The third-order valence-corrected chi connectivity index (χ3v) is 6.67. The molecule has 0 spiro atoms. The summed E-state index contributed by atoms with van der Waals surface area (Å²) < 4.78 is 5.79. The molecular weight excluding hydrogens is 408 g/mol. The number of carbonyl (C=O) groups excluding carboxylic acids is 1. The molecule has 0 saturated heterocycles. The van der Waals surface area contributed by atoms with E-state index in [0.29, 0.717) is 5.75 Å². The van der Waals surface area contributed by atoms with Gasteiger partial charge in [-0.3, -0.25) is 4.79 Å². The summed E-state index contributed by atoms with van der Waals surface area (Å²) in [7, 11) is 0. The molecule has 0 radical (unpaired) electrons. The highest BCUT2D eigenvalue weighted by molar-refractivity contribution is 7.98. The molecule has 2 aromatic rings. The summed E-state index contributed by atoms with van der Waals surface area (Å²) in [6.07, 6.45) is 3.78. The average molecular weight is 443 g/mol. The normalized spacial score (nSPS) is 13.5. The molecule has 0 amide bonds. The van der Waals surface area contributed by atoms with Crippen molar-refractivity contribution in [2.45, 2.75) is 64.9 Å². The molecule has 2 atom stereocenters. The van der Waals surface area contributed by atoms with E-state index < -0.39 is 11.6 Å². The van der Waals surface area contributed by atoms with E-state index >= 15 is 0 Å². The molecule has 168 valence electrons. The molecule has 0 bridgehead atoms. The Balaban J connectivity index is 2.04. The number of Topliss-reactive ketones (excluding diaryl/α,β-unsaturated/α-hetero) is 1. The van der Waals surface area contributed by atoms with Gasteiger partial charge in [-0.15, -0.1) is 11.8 Å². The van der Waals surface area contributed by atoms with Crippen molar-refractivity contribution < 1.29 is 19.4 Å². The first-order valence-corrected chi connectivity index (χ1v) is 11.9. The van der Waals surface area contributed by atoms with Gasteiger partial charge in [0.25, 0.3) is 0 Å². The van der Waals surface area contributed by atoms with Crippen LogP contribution in [-0.2, 0) is 11.2 Å². The average Bonchev–Trinajstić information content (AvgIpc) is 2.73. The minimum Gasteiger partial charge on any atom is -0.478 e. The predicted octanol–water partition coefficient (Wildman–Crippen LogP) is 6.36. The van der Waals surface area contributed by atoms with Crippen molar-refractivity contribution in [3.63, 3.8) is 0 Å². The van der Waals surface area contributed by atoms with Gasteiger partial charge in [0.1, 0.15) is 5.75 Å². The van der Waals surface area contributed by atoms with Gasteiger partial charge in [-0.1, -0.05) is 38.1 Å². The Labute approximate surface area is 190 Å². The number of carbonyl (C=O) groups is 2. The molecule has 0 unspecified atom stereocenters. The van der Waals surface area contributed by atoms with Crippen LogP contribution in [-0.4, -0.2) is 28.7 Å². The summed E-state index contributed by atoms with van der Waals surface area (Å²) in [6, 6.07) is 11.9. The molecule has 5 heteroatoms. The maximum absolute atomic E-state index is 12.9. The van der Waals surface area contributed by atoms with E-state index in [9.17, 15) is 14.7 Å². The third-order valence-electron chi connectivity index (χ3n) is 5.92. The van der Waals surface area contributed by atoms with Crippen LogP contribution >= 0.6 is 11.8 Å². The number of hydrogen-bond acceptors (Lipinski definition) is 4. The summed E-state index contributed by atoms with van der Waals surface area (Å²) in [5.41, 5.74) is 2.51. The zero-order chi connectivity index (χ0) is 23.3. The molecule has 4 nitrogen and oxygen atoms in total. The quantitative estimate of drug-likeness (QED) is 0.343. The fourth-order valence-corrected chi connectivity index (χ4v) is 3.97. The van der Waals surface area contributed by atoms with Gasteiger partial charge in [0.15, 0.2) is 11.4 Å². The Kier molecular flexibility index (Phi) is 8.35. The largest absolute Gasteiger partial charge is 0.478 e. The summed E-state index contributed by atoms with van der Waals surface area (Å²) in [5.74, 6) is 0.0102. The van der Waals surface area contributed by atoms with E-state index in [1.54, 1.807) is 25.6 Å². The smallest absolute Gasteiger partial charge is 0.347 e. The minimum atomic E-state index is -1.28. The maximum Gasteiger partial charge on any atom is 0.347 e. The Morgan fingerprint density at radius 3 is 2.10 bits per heavy atom. The second kappa shape index (κ2) is 10.4. The van der Waals surface area contributed by atoms with E-state index in [2.05, 4.69) is 19.1 Å². The van der Waals surface area contributed by atoms with E-state index in [-0.39, 0.29) is 17.6 Å². The summed E-state index contributed by atoms with van der Waals surface area (Å²) >= 11 is 1.67. The highest BCUT2D eigenvalue weighted by Crippen LogP contribution is 2.30. The summed E-state index contributed by atoms with van der Waals surface area (Å²) in [5, 5.41) is 9.34. The van der Waals surface area contributed by atoms with Crippen molar-refractivity contribution in [2.24, 2.45) is 11.8 Å². The lowest BCUT2D eigenvalue weighted by Crippen LogP contribution is -2.38. The van der Waals surface area contributed by atoms with E-state index in [1.807, 2.05) is 51.3 Å². The van der Waals surface area contributed by atoms with Crippen molar-refractivity contribution in [2.75, 3.05) is 6.26 Å². The van der Waals surface area contributed by atoms with Crippen molar-refractivity contribution in [3.8, 4) is 5.75 Å². The van der Waals surface area contributed by atoms with E-state index in [4.69, 9.17) is 4.74 Å². The molecule has 0 aliphatic heterocycles. The van der Waals surface area contributed by atoms with Crippen molar-refractivity contribution in [3.05, 3.63) is 58.7 Å². The number of hydrogen-bond donors (Lipinski definition) is 1. The lowest BCUT2D eigenvalue weighted by atomic mass is 9.84. The van der Waals surface area contributed by atoms with Gasteiger partial charge in [0.2, 0.25) is 0 Å². The number of ketones is 1. The number of rotatable bonds is 10. The van der Waals surface area contributed by atoms with Gasteiger partial charge >= 0.3 is 5.97 Å². The monoisotopic (exact) mass is 442 g/mol. The van der Waals surface area contributed by atoms with Gasteiger partial charge < -0.3 is 9.84 Å². The lowest BCUT2D eigenvalue weighted by molar-refractivity contribution is -0.152. The van der Waals surface area contributed by atoms with E-state index in [1.165, 1.54) is 5.56 Å². The third kappa shape index (κ3) is 6.36. The zero-order valence-corrected chi connectivity index (χ0v) is 20.4. The Morgan fingerprint density at radius 1 is 1.06 bits per heavy atom. The number of thioether (sulfide) groups is 1. The number of carboxylic acid groups (broad SMARTS) is 1. The summed E-state index contributed by atoms with van der Waals surface area (Å²) in [6.45, 7) is 11.1. The topological polar surface area (TPSA) is 63.6 Å². The second-order valence-corrected chi connectivity index (χ2v) is 9.75. The minimum absolute atomic E-state index is 0.0544. The number of benzene rings is 2. The molecule has 2 aromatic carbocycles. The predicted molar refractivity (Wildman–Crippen MR) is 127 cm³/mol. The van der Waals surface area contributed by atoms with Crippen LogP contribution in [0.15, 0.2) is 41.3 Å². The standard InChI is InChI=1S/C26H34O4S/c1-16(19(4)23(27)21-10-12-22(31-7)13-11-21)8-9-20-14-17(2)24(18(3)15-20)30-26(5,6)25(28)29/h10-16,19H,8-9H2,1-7H3,(H,28,29)/t16-,19+/m1/s1. The van der Waals surface area contributed by atoms with Crippen LogP contribution in [0.2, 0.25) is 0 Å². The molecule has 0 aliphatic rings. The zero-order valence-electron chi connectivity index (χ0n) is 19.6. The molecule has 0 aromatic heterocycles. The number of ether oxygens (including phenoxy) is 1. The fourth-order valence-electron chi connectivity index (χ4n) is 3.57. The molecule has 0 heterocycles. The van der Waals surface area contributed by atoms with Crippen molar-refractivity contribution in [1.82, 2.24) is 0 Å². The first-order chi connectivity index (χ1) is 14.5. The van der Waals surface area contributed by atoms with Crippen LogP contribution in [0, 0.1) is 25.7 Å². The molecule has 2 rings (SSSR count). The maximum atomic E-state index is 12.9. The number of carboxylic acids is 1. The Hall–Kier alpha value is -2.27. The molecular formula is C26H34O4S. The lowest BCUT2D eigenvalue weighted by Gasteiger charge is -2.25. The molecule has 31 heavy (non-hydrogen) atoms. The van der Waals surface area contributed by atoms with Gasteiger partial charge in [0.05, 0.1) is 0 Å². The van der Waals surface area contributed by atoms with E-state index in [0.717, 1.165) is 34.4 Å². The molecule has 1 N–H and O–H groups in total. The van der Waals surface area contributed by atoms with Crippen molar-refractivity contribution in [1.29, 1.82) is 0 Å². The summed E-state index contributed by atoms with van der Waals surface area (Å²) in [4.78, 5) is 25.4. The first-order valence-electron chi connectivity index (χ1n) is 10.7. The number of aliphatic carboxylic acids is 1. The van der Waals surface area contributed by atoms with Crippen LogP contribution in [0.4, 0.5) is 0 Å². The van der Waals surface area contributed by atoms with Gasteiger partial charge in [-0.2, -0.15) is 0 Å². The second-order valence-electron chi connectivity index (χ2n) is 8.87. The van der Waals surface area contributed by atoms with Crippen LogP contribution in [0.3, 0.4) is 0 Å². The first kappa shape index (κ1) is 25.0. The van der Waals surface area contributed by atoms with Crippen LogP contribution in [0.1, 0.15) is 61.2 Å². The molecule has 0 aliphatic carbocycles. The molecule has 0 fully saturated rings. The Morgan fingerprint density at radius 2 is 1.61 bits per heavy atom. The van der Waals surface area contributed by atoms with Crippen LogP contribution in [0.25, 0.3) is 0 Å². The fraction of sp³-hybridized carbons (Fsp3) is 0.462.